The van der Waals surface area contributed by atoms with Crippen LogP contribution in [0.4, 0.5) is 5.13 Å². The second-order valence-corrected chi connectivity index (χ2v) is 4.39. The molecule has 1 aromatic carbocycles. The van der Waals surface area contributed by atoms with Crippen LogP contribution < -0.4 is 5.32 Å². The molecule has 2 rings (SSSR count). The van der Waals surface area contributed by atoms with Crippen molar-refractivity contribution in [3.63, 3.8) is 0 Å². The molecule has 0 saturated heterocycles. The van der Waals surface area contributed by atoms with Crippen molar-refractivity contribution in [2.45, 2.75) is 0 Å². The normalized spacial score (nSPS) is 10.2. The van der Waals surface area contributed by atoms with Gasteiger partial charge >= 0.3 is 0 Å². The Morgan fingerprint density at radius 2 is 2.12 bits per heavy atom. The van der Waals surface area contributed by atoms with Gasteiger partial charge in [-0.1, -0.05) is 0 Å². The van der Waals surface area contributed by atoms with Gasteiger partial charge in [-0.25, -0.2) is 4.98 Å². The molecule has 2 N–H and O–H groups in total. The summed E-state index contributed by atoms with van der Waals surface area (Å²) in [5.74, 6) is -0.161. The van der Waals surface area contributed by atoms with Crippen molar-refractivity contribution in [1.29, 1.82) is 0 Å². The van der Waals surface area contributed by atoms with Gasteiger partial charge in [0.15, 0.2) is 5.13 Å². The Hall–Kier alpha value is -1.59. The van der Waals surface area contributed by atoms with Gasteiger partial charge in [0.25, 0.3) is 0 Å². The molecule has 0 aliphatic rings. The average molecular weight is 269 g/mol. The molecule has 88 valence electrons. The molecular formula is C11H9ClN2O2S. The zero-order chi connectivity index (χ0) is 12.3. The summed E-state index contributed by atoms with van der Waals surface area (Å²) < 4.78 is 0. The maximum Gasteiger partial charge on any atom is 0.241 e. The molecule has 0 saturated carbocycles. The highest BCUT2D eigenvalue weighted by atomic mass is 35.5. The number of phenolic OH excluding ortho intramolecular Hbond substituents is 1. The van der Waals surface area contributed by atoms with Crippen LogP contribution in [-0.4, -0.2) is 21.9 Å². The Bertz CT molecular complexity index is 525. The predicted octanol–water partition coefficient (Wildman–Crippen LogP) is 2.69. The van der Waals surface area contributed by atoms with E-state index in [1.165, 1.54) is 11.3 Å². The largest absolute Gasteiger partial charge is 0.508 e. The van der Waals surface area contributed by atoms with Gasteiger partial charge in [0.05, 0.1) is 5.69 Å². The van der Waals surface area contributed by atoms with E-state index < -0.39 is 0 Å². The van der Waals surface area contributed by atoms with E-state index in [1.807, 2.05) is 5.38 Å². The third-order valence-corrected chi connectivity index (χ3v) is 3.04. The number of phenols is 1. The van der Waals surface area contributed by atoms with E-state index in [0.29, 0.717) is 5.13 Å². The van der Waals surface area contributed by atoms with E-state index in [0.717, 1.165) is 11.3 Å². The quantitative estimate of drug-likeness (QED) is 0.842. The van der Waals surface area contributed by atoms with Crippen LogP contribution in [0.2, 0.25) is 0 Å². The number of anilines is 1. The molecule has 0 spiro atoms. The second-order valence-electron chi connectivity index (χ2n) is 3.27. The van der Waals surface area contributed by atoms with E-state index in [-0.39, 0.29) is 17.5 Å². The van der Waals surface area contributed by atoms with Crippen molar-refractivity contribution in [1.82, 2.24) is 4.98 Å². The van der Waals surface area contributed by atoms with Gasteiger partial charge in [-0.3, -0.25) is 4.79 Å². The number of thiazole rings is 1. The molecule has 0 aliphatic heterocycles. The molecule has 0 fully saturated rings. The molecule has 1 aromatic heterocycles. The fraction of sp³-hybridized carbons (Fsp3) is 0.0909. The molecule has 0 unspecified atom stereocenters. The smallest absolute Gasteiger partial charge is 0.241 e. The second kappa shape index (κ2) is 5.16. The summed E-state index contributed by atoms with van der Waals surface area (Å²) in [6.45, 7) is 0. The molecule has 6 heteroatoms. The zero-order valence-electron chi connectivity index (χ0n) is 8.68. The number of carbonyl (C=O) groups excluding carboxylic acids is 1. The van der Waals surface area contributed by atoms with Crippen LogP contribution in [0.1, 0.15) is 0 Å². The van der Waals surface area contributed by atoms with Crippen LogP contribution in [0.15, 0.2) is 29.6 Å². The van der Waals surface area contributed by atoms with E-state index in [2.05, 4.69) is 10.3 Å². The summed E-state index contributed by atoms with van der Waals surface area (Å²) in [6.07, 6.45) is 0. The van der Waals surface area contributed by atoms with Crippen molar-refractivity contribution < 1.29 is 9.90 Å². The number of alkyl halides is 1. The van der Waals surface area contributed by atoms with Crippen LogP contribution in [0.3, 0.4) is 0 Å². The molecular weight excluding hydrogens is 260 g/mol. The Morgan fingerprint density at radius 3 is 2.76 bits per heavy atom. The minimum Gasteiger partial charge on any atom is -0.508 e. The highest BCUT2D eigenvalue weighted by Gasteiger charge is 2.06. The Kier molecular flexibility index (Phi) is 3.61. The number of halogens is 1. The number of nitrogens with one attached hydrogen (secondary N) is 1. The fourth-order valence-corrected chi connectivity index (χ4v) is 2.05. The monoisotopic (exact) mass is 268 g/mol. The number of rotatable bonds is 3. The summed E-state index contributed by atoms with van der Waals surface area (Å²) >= 11 is 6.71. The standard InChI is InChI=1S/C11H9ClN2O2S/c12-5-10(16)14-11-13-9(6-17-11)7-1-3-8(15)4-2-7/h1-4,6,15H,5H2,(H,13,14,16). The molecule has 4 nitrogen and oxygen atoms in total. The average Bonchev–Trinajstić information content (AvgIpc) is 2.78. The third-order valence-electron chi connectivity index (χ3n) is 2.03. The first-order valence-corrected chi connectivity index (χ1v) is 6.21. The predicted molar refractivity (Wildman–Crippen MR) is 68.6 cm³/mol. The van der Waals surface area contributed by atoms with Crippen molar-refractivity contribution in [3.8, 4) is 17.0 Å². The summed E-state index contributed by atoms with van der Waals surface area (Å²) in [5, 5.41) is 14.1. The lowest BCUT2D eigenvalue weighted by molar-refractivity contribution is -0.113. The van der Waals surface area contributed by atoms with Gasteiger partial charge in [-0.05, 0) is 24.3 Å². The van der Waals surface area contributed by atoms with Crippen LogP contribution >= 0.6 is 22.9 Å². The summed E-state index contributed by atoms with van der Waals surface area (Å²) in [5.41, 5.74) is 1.63. The van der Waals surface area contributed by atoms with Gasteiger partial charge in [-0.15, -0.1) is 22.9 Å². The highest BCUT2D eigenvalue weighted by Crippen LogP contribution is 2.26. The maximum atomic E-state index is 11.1. The van der Waals surface area contributed by atoms with E-state index in [9.17, 15) is 9.90 Å². The van der Waals surface area contributed by atoms with Gasteiger partial charge in [0, 0.05) is 10.9 Å². The lowest BCUT2D eigenvalue weighted by Gasteiger charge is -1.97. The molecule has 17 heavy (non-hydrogen) atoms. The van der Waals surface area contributed by atoms with Crippen molar-refractivity contribution in [2.24, 2.45) is 0 Å². The first-order valence-electron chi connectivity index (χ1n) is 4.80. The Labute approximate surface area is 107 Å². The summed E-state index contributed by atoms with van der Waals surface area (Å²) in [7, 11) is 0. The maximum absolute atomic E-state index is 11.1. The number of nitrogens with zero attached hydrogens (tertiary/aromatic N) is 1. The van der Waals surface area contributed by atoms with E-state index in [1.54, 1.807) is 24.3 Å². The molecule has 0 radical (unpaired) electrons. The van der Waals surface area contributed by atoms with E-state index >= 15 is 0 Å². The summed E-state index contributed by atoms with van der Waals surface area (Å²) in [4.78, 5) is 15.3. The molecule has 0 aliphatic carbocycles. The fourth-order valence-electron chi connectivity index (χ4n) is 1.25. The molecule has 0 atom stereocenters. The minimum atomic E-state index is -0.279. The van der Waals surface area contributed by atoms with Gasteiger partial charge in [0.2, 0.25) is 5.91 Å². The van der Waals surface area contributed by atoms with Crippen LogP contribution in [0.25, 0.3) is 11.3 Å². The highest BCUT2D eigenvalue weighted by molar-refractivity contribution is 7.14. The van der Waals surface area contributed by atoms with Crippen molar-refractivity contribution in [2.75, 3.05) is 11.2 Å². The van der Waals surface area contributed by atoms with E-state index in [4.69, 9.17) is 11.6 Å². The number of hydrogen-bond acceptors (Lipinski definition) is 4. The number of hydrogen-bond donors (Lipinski definition) is 2. The lowest BCUT2D eigenvalue weighted by atomic mass is 10.2. The van der Waals surface area contributed by atoms with Crippen molar-refractivity contribution in [3.05, 3.63) is 29.6 Å². The topological polar surface area (TPSA) is 62.2 Å². The zero-order valence-corrected chi connectivity index (χ0v) is 10.3. The Balaban J connectivity index is 2.18. The number of carbonyl (C=O) groups is 1. The minimum absolute atomic E-state index is 0.0892. The number of aromatic nitrogens is 1. The number of amides is 1. The van der Waals surface area contributed by atoms with Crippen molar-refractivity contribution >= 4 is 34.0 Å². The van der Waals surface area contributed by atoms with Gasteiger partial charge in [0.1, 0.15) is 11.6 Å². The Morgan fingerprint density at radius 1 is 1.41 bits per heavy atom. The SMILES string of the molecule is O=C(CCl)Nc1nc(-c2ccc(O)cc2)cs1. The molecule has 2 aromatic rings. The molecule has 1 heterocycles. The third kappa shape index (κ3) is 2.95. The number of benzene rings is 1. The van der Waals surface area contributed by atoms with Gasteiger partial charge in [-0.2, -0.15) is 0 Å². The van der Waals surface area contributed by atoms with Gasteiger partial charge < -0.3 is 10.4 Å². The van der Waals surface area contributed by atoms with Crippen LogP contribution in [0.5, 0.6) is 5.75 Å². The van der Waals surface area contributed by atoms with Crippen LogP contribution in [0, 0.1) is 0 Å². The molecule has 1 amide bonds. The lowest BCUT2D eigenvalue weighted by Crippen LogP contribution is -2.12. The first-order chi connectivity index (χ1) is 8.19. The summed E-state index contributed by atoms with van der Waals surface area (Å²) in [6, 6.07) is 6.70. The number of aromatic hydroxyl groups is 1. The first kappa shape index (κ1) is 11.9. The molecule has 0 bridgehead atoms. The van der Waals surface area contributed by atoms with Crippen LogP contribution in [-0.2, 0) is 4.79 Å².